The van der Waals surface area contributed by atoms with Crippen LogP contribution in [0.1, 0.15) is 31.2 Å². The Morgan fingerprint density at radius 2 is 1.91 bits per heavy atom. The van der Waals surface area contributed by atoms with E-state index < -0.39 is 30.1 Å². The second kappa shape index (κ2) is 6.88. The summed E-state index contributed by atoms with van der Waals surface area (Å²) in [4.78, 5) is 12.1. The number of halogens is 3. The summed E-state index contributed by atoms with van der Waals surface area (Å²) in [5.74, 6) is -0.884. The van der Waals surface area contributed by atoms with Crippen LogP contribution in [0.5, 0.6) is 0 Å². The lowest BCUT2D eigenvalue weighted by atomic mass is 9.85. The first kappa shape index (κ1) is 17.7. The molecule has 1 aliphatic carbocycles. The third-order valence-corrected chi connectivity index (χ3v) is 4.32. The molecule has 3 unspecified atom stereocenters. The molecule has 1 aromatic carbocycles. The Bertz CT molecular complexity index is 536. The van der Waals surface area contributed by atoms with Crippen LogP contribution in [0.2, 0.25) is 0 Å². The van der Waals surface area contributed by atoms with E-state index in [1.807, 2.05) is 0 Å². The number of amides is 1. The minimum Gasteiger partial charge on any atom is -0.375 e. The molecule has 1 amide bonds. The molecule has 1 fully saturated rings. The first-order valence-corrected chi connectivity index (χ1v) is 7.62. The molecule has 3 atom stereocenters. The quantitative estimate of drug-likeness (QED) is 0.791. The molecule has 7 heteroatoms. The number of hydrogen-bond donors (Lipinski definition) is 3. The minimum absolute atomic E-state index is 0.102. The van der Waals surface area contributed by atoms with Gasteiger partial charge >= 0.3 is 6.18 Å². The minimum atomic E-state index is -4.90. The van der Waals surface area contributed by atoms with Crippen LogP contribution in [-0.4, -0.2) is 29.8 Å². The second-order valence-corrected chi connectivity index (χ2v) is 6.07. The monoisotopic (exact) mass is 330 g/mol. The molecular weight excluding hydrogens is 309 g/mol. The molecule has 0 radical (unpaired) electrons. The van der Waals surface area contributed by atoms with Crippen molar-refractivity contribution in [2.75, 3.05) is 6.54 Å². The molecule has 1 aliphatic rings. The van der Waals surface area contributed by atoms with Gasteiger partial charge in [-0.05, 0) is 24.8 Å². The number of alkyl halides is 3. The van der Waals surface area contributed by atoms with E-state index in [0.717, 1.165) is 12.8 Å². The van der Waals surface area contributed by atoms with Crippen molar-refractivity contribution in [2.45, 2.75) is 43.5 Å². The Hall–Kier alpha value is -1.60. The van der Waals surface area contributed by atoms with E-state index in [2.05, 4.69) is 5.32 Å². The van der Waals surface area contributed by atoms with Gasteiger partial charge in [0.25, 0.3) is 0 Å². The van der Waals surface area contributed by atoms with Gasteiger partial charge in [0.2, 0.25) is 11.5 Å². The first-order chi connectivity index (χ1) is 10.7. The lowest BCUT2D eigenvalue weighted by Crippen LogP contribution is -2.52. The van der Waals surface area contributed by atoms with Gasteiger partial charge in [0.15, 0.2) is 0 Å². The summed E-state index contributed by atoms with van der Waals surface area (Å²) in [6.07, 6.45) is -2.23. The fourth-order valence-electron chi connectivity index (χ4n) is 2.90. The fourth-order valence-corrected chi connectivity index (χ4v) is 2.90. The maximum absolute atomic E-state index is 13.3. The molecule has 0 bridgehead atoms. The highest BCUT2D eigenvalue weighted by Crippen LogP contribution is 2.38. The van der Waals surface area contributed by atoms with Crippen molar-refractivity contribution < 1.29 is 23.1 Å². The van der Waals surface area contributed by atoms with Crippen molar-refractivity contribution in [3.05, 3.63) is 35.9 Å². The van der Waals surface area contributed by atoms with Gasteiger partial charge in [0.05, 0.1) is 6.54 Å². The predicted molar refractivity (Wildman–Crippen MR) is 79.3 cm³/mol. The smallest absolute Gasteiger partial charge is 0.375 e. The number of benzene rings is 1. The summed E-state index contributed by atoms with van der Waals surface area (Å²) < 4.78 is 40.0. The van der Waals surface area contributed by atoms with Gasteiger partial charge in [-0.3, -0.25) is 4.79 Å². The van der Waals surface area contributed by atoms with E-state index in [1.165, 1.54) is 24.3 Å². The molecule has 4 nitrogen and oxygen atoms in total. The average molecular weight is 330 g/mol. The van der Waals surface area contributed by atoms with E-state index in [1.54, 1.807) is 6.07 Å². The second-order valence-electron chi connectivity index (χ2n) is 6.07. The van der Waals surface area contributed by atoms with Crippen LogP contribution in [0.15, 0.2) is 30.3 Å². The zero-order chi connectivity index (χ0) is 17.1. The summed E-state index contributed by atoms with van der Waals surface area (Å²) >= 11 is 0. The standard InChI is InChI=1S/C16H21F3N2O2/c17-16(18,19)15(23,12-6-2-1-3-7-12)10-21-14(22)11-5-4-8-13(20)9-11/h1-3,6-7,11,13,23H,4-5,8-10,20H2,(H,21,22). The number of carbonyl (C=O) groups excluding carboxylic acids is 1. The molecule has 0 heterocycles. The molecular formula is C16H21F3N2O2. The first-order valence-electron chi connectivity index (χ1n) is 7.62. The van der Waals surface area contributed by atoms with Crippen LogP contribution < -0.4 is 11.1 Å². The van der Waals surface area contributed by atoms with Crippen LogP contribution in [-0.2, 0) is 10.4 Å². The Morgan fingerprint density at radius 1 is 1.26 bits per heavy atom. The van der Waals surface area contributed by atoms with Gasteiger partial charge in [0, 0.05) is 12.0 Å². The fraction of sp³-hybridized carbons (Fsp3) is 0.562. The number of nitrogens with one attached hydrogen (secondary N) is 1. The molecule has 0 saturated heterocycles. The van der Waals surface area contributed by atoms with E-state index >= 15 is 0 Å². The van der Waals surface area contributed by atoms with Crippen LogP contribution in [0.3, 0.4) is 0 Å². The van der Waals surface area contributed by atoms with Gasteiger partial charge in [0.1, 0.15) is 0 Å². The van der Waals surface area contributed by atoms with Crippen molar-refractivity contribution in [2.24, 2.45) is 11.7 Å². The molecule has 0 spiro atoms. The van der Waals surface area contributed by atoms with Crippen molar-refractivity contribution in [3.63, 3.8) is 0 Å². The Balaban J connectivity index is 2.09. The summed E-state index contributed by atoms with van der Waals surface area (Å²) in [6, 6.07) is 6.66. The van der Waals surface area contributed by atoms with Crippen LogP contribution in [0.25, 0.3) is 0 Å². The number of hydrogen-bond acceptors (Lipinski definition) is 3. The average Bonchev–Trinajstić information content (AvgIpc) is 2.52. The van der Waals surface area contributed by atoms with E-state index in [-0.39, 0.29) is 11.6 Å². The van der Waals surface area contributed by atoms with Crippen LogP contribution >= 0.6 is 0 Å². The van der Waals surface area contributed by atoms with Gasteiger partial charge in [-0.25, -0.2) is 0 Å². The number of carbonyl (C=O) groups is 1. The van der Waals surface area contributed by atoms with Gasteiger partial charge < -0.3 is 16.2 Å². The van der Waals surface area contributed by atoms with Crippen molar-refractivity contribution >= 4 is 5.91 Å². The van der Waals surface area contributed by atoms with E-state index in [4.69, 9.17) is 5.73 Å². The Morgan fingerprint density at radius 3 is 2.48 bits per heavy atom. The number of nitrogens with two attached hydrogens (primary N) is 1. The predicted octanol–water partition coefficient (Wildman–Crippen LogP) is 2.07. The Kier molecular flexibility index (Phi) is 5.31. The van der Waals surface area contributed by atoms with Crippen LogP contribution in [0.4, 0.5) is 13.2 Å². The van der Waals surface area contributed by atoms with Gasteiger partial charge in [-0.15, -0.1) is 0 Å². The summed E-state index contributed by atoms with van der Waals surface area (Å²) in [7, 11) is 0. The van der Waals surface area contributed by atoms with Crippen molar-refractivity contribution in [3.8, 4) is 0 Å². The summed E-state index contributed by atoms with van der Waals surface area (Å²) in [5, 5.41) is 12.4. The maximum atomic E-state index is 13.3. The summed E-state index contributed by atoms with van der Waals surface area (Å²) in [5.41, 5.74) is 2.39. The molecule has 128 valence electrons. The van der Waals surface area contributed by atoms with Gasteiger partial charge in [-0.2, -0.15) is 13.2 Å². The third-order valence-electron chi connectivity index (χ3n) is 4.32. The number of aliphatic hydroxyl groups is 1. The zero-order valence-corrected chi connectivity index (χ0v) is 12.6. The number of rotatable bonds is 4. The highest BCUT2D eigenvalue weighted by atomic mass is 19.4. The highest BCUT2D eigenvalue weighted by molar-refractivity contribution is 5.78. The molecule has 0 aromatic heterocycles. The van der Waals surface area contributed by atoms with Crippen molar-refractivity contribution in [1.82, 2.24) is 5.32 Å². The maximum Gasteiger partial charge on any atom is 0.423 e. The zero-order valence-electron chi connectivity index (χ0n) is 12.6. The molecule has 0 aliphatic heterocycles. The SMILES string of the molecule is NC1CCCC(C(=O)NCC(O)(c2ccccc2)C(F)(F)F)C1. The highest BCUT2D eigenvalue weighted by Gasteiger charge is 2.55. The van der Waals surface area contributed by atoms with Gasteiger partial charge in [-0.1, -0.05) is 36.8 Å². The molecule has 1 saturated carbocycles. The lowest BCUT2D eigenvalue weighted by molar-refractivity contribution is -0.264. The molecule has 23 heavy (non-hydrogen) atoms. The normalized spacial score (nSPS) is 24.7. The van der Waals surface area contributed by atoms with Crippen molar-refractivity contribution in [1.29, 1.82) is 0 Å². The lowest BCUT2D eigenvalue weighted by Gasteiger charge is -2.32. The molecule has 1 aromatic rings. The summed E-state index contributed by atoms with van der Waals surface area (Å²) in [6.45, 7) is -0.912. The Labute approximate surface area is 132 Å². The van der Waals surface area contributed by atoms with E-state index in [0.29, 0.717) is 12.8 Å². The van der Waals surface area contributed by atoms with Crippen LogP contribution in [0, 0.1) is 5.92 Å². The topological polar surface area (TPSA) is 75.4 Å². The largest absolute Gasteiger partial charge is 0.423 e. The van der Waals surface area contributed by atoms with E-state index in [9.17, 15) is 23.1 Å². The molecule has 4 N–H and O–H groups in total. The third kappa shape index (κ3) is 4.03. The molecule has 2 rings (SSSR count).